The highest BCUT2D eigenvalue weighted by molar-refractivity contribution is 6.54. The number of benzene rings is 1. The number of hydrogen-bond acceptors (Lipinski definition) is 5. The summed E-state index contributed by atoms with van der Waals surface area (Å²) in [5.74, 6) is -2.85. The van der Waals surface area contributed by atoms with E-state index in [2.05, 4.69) is 0 Å². The highest BCUT2D eigenvalue weighted by atomic mass is 35.5. The van der Waals surface area contributed by atoms with Crippen molar-refractivity contribution in [1.82, 2.24) is 4.90 Å². The molecule has 0 bridgehead atoms. The number of amides is 2. The van der Waals surface area contributed by atoms with Gasteiger partial charge in [0.25, 0.3) is 5.91 Å². The molecule has 0 saturated heterocycles. The smallest absolute Gasteiger partial charge is 0.327 e. The molecule has 0 aliphatic rings. The maximum Gasteiger partial charge on any atom is 0.327 e. The predicted octanol–water partition coefficient (Wildman–Crippen LogP) is 4.41. The Labute approximate surface area is 199 Å². The third-order valence-corrected chi connectivity index (χ3v) is 5.62. The zero-order chi connectivity index (χ0) is 23.9. The van der Waals surface area contributed by atoms with E-state index in [1.165, 1.54) is 37.1 Å². The number of nitrogens with two attached hydrogens (primary N) is 1. The number of carboxylic acid groups (broad SMARTS) is 1. The molecule has 7 nitrogen and oxygen atoms in total. The van der Waals surface area contributed by atoms with Gasteiger partial charge in [-0.2, -0.15) is 0 Å². The van der Waals surface area contributed by atoms with E-state index in [-0.39, 0.29) is 18.6 Å². The van der Waals surface area contributed by atoms with E-state index in [9.17, 15) is 24.6 Å². The second kappa shape index (κ2) is 15.9. The molecule has 32 heavy (non-hydrogen) atoms. The van der Waals surface area contributed by atoms with E-state index in [4.69, 9.17) is 28.9 Å². The largest absolute Gasteiger partial charge is 0.508 e. The van der Waals surface area contributed by atoms with E-state index < -0.39 is 28.7 Å². The van der Waals surface area contributed by atoms with E-state index in [0.717, 1.165) is 45.1 Å². The molecular formula is C23H34Cl2N2O5. The average molecular weight is 489 g/mol. The summed E-state index contributed by atoms with van der Waals surface area (Å²) in [5.41, 5.74) is 6.02. The van der Waals surface area contributed by atoms with Gasteiger partial charge < -0.3 is 15.9 Å². The van der Waals surface area contributed by atoms with E-state index in [0.29, 0.717) is 16.9 Å². The summed E-state index contributed by atoms with van der Waals surface area (Å²) >= 11 is 11.4. The van der Waals surface area contributed by atoms with Crippen LogP contribution >= 0.6 is 23.2 Å². The second-order valence-corrected chi connectivity index (χ2v) is 8.94. The topological polar surface area (TPSA) is 121 Å². The number of phenols is 1. The summed E-state index contributed by atoms with van der Waals surface area (Å²) in [5, 5.41) is 19.1. The van der Waals surface area contributed by atoms with Crippen molar-refractivity contribution >= 4 is 41.0 Å². The first kappa shape index (κ1) is 28.2. The van der Waals surface area contributed by atoms with Gasteiger partial charge in [-0.05, 0) is 37.1 Å². The lowest BCUT2D eigenvalue weighted by Gasteiger charge is -2.28. The SMILES string of the molecule is NCCCCCCCCCCCC(=O)N(C(=O)C(Cl)Cl)C(Cc1ccc(O)cc1)C(=O)O. The molecule has 1 unspecified atom stereocenters. The van der Waals surface area contributed by atoms with Crippen LogP contribution in [0.5, 0.6) is 5.75 Å². The first-order valence-corrected chi connectivity index (χ1v) is 12.0. The molecule has 1 aromatic rings. The lowest BCUT2D eigenvalue weighted by molar-refractivity contribution is -0.157. The monoisotopic (exact) mass is 488 g/mol. The predicted molar refractivity (Wildman–Crippen MR) is 126 cm³/mol. The molecule has 2 amide bonds. The van der Waals surface area contributed by atoms with Crippen molar-refractivity contribution in [3.05, 3.63) is 29.8 Å². The number of hydrogen-bond donors (Lipinski definition) is 3. The summed E-state index contributed by atoms with van der Waals surface area (Å²) in [6.07, 6.45) is 9.06. The molecule has 0 heterocycles. The number of unbranched alkanes of at least 4 members (excludes halogenated alkanes) is 8. The molecule has 1 aromatic carbocycles. The fraction of sp³-hybridized carbons (Fsp3) is 0.609. The van der Waals surface area contributed by atoms with Crippen molar-refractivity contribution in [1.29, 1.82) is 0 Å². The standard InChI is InChI=1S/C23H34Cl2N2O5/c24-21(25)22(30)27(19(23(31)32)16-17-11-13-18(28)14-12-17)20(29)10-8-6-4-2-1-3-5-7-9-15-26/h11-14,19,21,28H,1-10,15-16,26H2,(H,31,32). The number of halogens is 2. The number of carboxylic acids is 1. The molecule has 0 aliphatic carbocycles. The van der Waals surface area contributed by atoms with Crippen molar-refractivity contribution in [2.75, 3.05) is 6.54 Å². The zero-order valence-electron chi connectivity index (χ0n) is 18.3. The van der Waals surface area contributed by atoms with Crippen molar-refractivity contribution < 1.29 is 24.6 Å². The van der Waals surface area contributed by atoms with Gasteiger partial charge >= 0.3 is 5.97 Å². The van der Waals surface area contributed by atoms with E-state index >= 15 is 0 Å². The molecular weight excluding hydrogens is 455 g/mol. The van der Waals surface area contributed by atoms with Gasteiger partial charge in [0.05, 0.1) is 0 Å². The van der Waals surface area contributed by atoms with Gasteiger partial charge in [-0.25, -0.2) is 4.79 Å². The van der Waals surface area contributed by atoms with Gasteiger partial charge in [0.1, 0.15) is 11.8 Å². The quantitative estimate of drug-likeness (QED) is 0.234. The van der Waals surface area contributed by atoms with E-state index in [1.54, 1.807) is 0 Å². The van der Waals surface area contributed by atoms with Crippen LogP contribution in [0.15, 0.2) is 24.3 Å². The second-order valence-electron chi connectivity index (χ2n) is 7.85. The summed E-state index contributed by atoms with van der Waals surface area (Å²) < 4.78 is 0. The molecule has 0 aliphatic heterocycles. The molecule has 0 saturated carbocycles. The van der Waals surface area contributed by atoms with Gasteiger partial charge in [0.15, 0.2) is 4.84 Å². The minimum atomic E-state index is -1.54. The lowest BCUT2D eigenvalue weighted by atomic mass is 10.0. The molecule has 4 N–H and O–H groups in total. The maximum atomic E-state index is 12.8. The first-order valence-electron chi connectivity index (χ1n) is 11.1. The van der Waals surface area contributed by atoms with Crippen LogP contribution in [-0.2, 0) is 20.8 Å². The van der Waals surface area contributed by atoms with Crippen LogP contribution in [0.4, 0.5) is 0 Å². The van der Waals surface area contributed by atoms with Crippen molar-refractivity contribution in [3.63, 3.8) is 0 Å². The van der Waals surface area contributed by atoms with Crippen molar-refractivity contribution in [2.45, 2.75) is 81.5 Å². The molecule has 1 atom stereocenters. The molecule has 0 spiro atoms. The Hall–Kier alpha value is -1.83. The Bertz CT molecular complexity index is 713. The number of aliphatic carboxylic acids is 1. The molecule has 180 valence electrons. The Kier molecular flexibility index (Phi) is 14.0. The lowest BCUT2D eigenvalue weighted by Crippen LogP contribution is -2.51. The Morgan fingerprint density at radius 2 is 1.38 bits per heavy atom. The fourth-order valence-electron chi connectivity index (χ4n) is 3.48. The zero-order valence-corrected chi connectivity index (χ0v) is 19.9. The van der Waals surface area contributed by atoms with Crippen LogP contribution in [0, 0.1) is 0 Å². The molecule has 0 fully saturated rings. The van der Waals surface area contributed by atoms with E-state index in [1.807, 2.05) is 0 Å². The normalized spacial score (nSPS) is 12.0. The summed E-state index contributed by atoms with van der Waals surface area (Å²) in [7, 11) is 0. The Morgan fingerprint density at radius 1 is 0.875 bits per heavy atom. The van der Waals surface area contributed by atoms with Gasteiger partial charge in [-0.1, -0.05) is 80.3 Å². The van der Waals surface area contributed by atoms with Crippen LogP contribution in [0.25, 0.3) is 0 Å². The van der Waals surface area contributed by atoms with Gasteiger partial charge in [0.2, 0.25) is 5.91 Å². The molecule has 0 aromatic heterocycles. The number of aromatic hydroxyl groups is 1. The van der Waals surface area contributed by atoms with Crippen molar-refractivity contribution in [3.8, 4) is 5.75 Å². The molecule has 9 heteroatoms. The number of imide groups is 1. The maximum absolute atomic E-state index is 12.8. The number of carbonyl (C=O) groups excluding carboxylic acids is 2. The average Bonchev–Trinajstić information content (AvgIpc) is 2.75. The highest BCUT2D eigenvalue weighted by Gasteiger charge is 2.36. The van der Waals surface area contributed by atoms with Crippen LogP contribution in [0.1, 0.15) is 69.8 Å². The third kappa shape index (κ3) is 10.7. The van der Waals surface area contributed by atoms with Crippen LogP contribution < -0.4 is 5.73 Å². The summed E-state index contributed by atoms with van der Waals surface area (Å²) in [4.78, 5) is 36.3. The minimum absolute atomic E-state index is 0.0294. The summed E-state index contributed by atoms with van der Waals surface area (Å²) in [6.45, 7) is 0.736. The minimum Gasteiger partial charge on any atom is -0.508 e. The first-order chi connectivity index (χ1) is 15.3. The highest BCUT2D eigenvalue weighted by Crippen LogP contribution is 2.19. The summed E-state index contributed by atoms with van der Waals surface area (Å²) in [6, 6.07) is 4.45. The van der Waals surface area contributed by atoms with Crippen LogP contribution in [-0.4, -0.2) is 50.3 Å². The number of nitrogens with zero attached hydrogens (tertiary/aromatic N) is 1. The van der Waals surface area contributed by atoms with Crippen LogP contribution in [0.3, 0.4) is 0 Å². The Morgan fingerprint density at radius 3 is 1.84 bits per heavy atom. The number of carbonyl (C=O) groups is 3. The van der Waals surface area contributed by atoms with Gasteiger partial charge in [-0.15, -0.1) is 0 Å². The van der Waals surface area contributed by atoms with Crippen molar-refractivity contribution in [2.24, 2.45) is 5.73 Å². The number of rotatable bonds is 16. The molecule has 1 rings (SSSR count). The molecule has 0 radical (unpaired) electrons. The third-order valence-electron chi connectivity index (χ3n) is 5.25. The fourth-order valence-corrected chi connectivity index (χ4v) is 3.69. The van der Waals surface area contributed by atoms with Crippen LogP contribution in [0.2, 0.25) is 0 Å². The van der Waals surface area contributed by atoms with Gasteiger partial charge in [0, 0.05) is 12.8 Å². The Balaban J connectivity index is 2.62. The van der Waals surface area contributed by atoms with Gasteiger partial charge in [-0.3, -0.25) is 14.5 Å². The number of alkyl halides is 2. The number of phenolic OH excluding ortho intramolecular Hbond substituents is 1.